The second kappa shape index (κ2) is 7.03. The molecule has 0 saturated heterocycles. The van der Waals surface area contributed by atoms with Gasteiger partial charge in [-0.05, 0) is 53.9 Å². The number of aromatic nitrogens is 2. The fraction of sp³-hybridized carbons (Fsp3) is 0.136. The molecule has 0 aliphatic carbocycles. The van der Waals surface area contributed by atoms with Gasteiger partial charge in [-0.2, -0.15) is 0 Å². The summed E-state index contributed by atoms with van der Waals surface area (Å²) in [6.07, 6.45) is 3.16. The highest BCUT2D eigenvalue weighted by atomic mass is 16.3. The zero-order valence-electron chi connectivity index (χ0n) is 15.1. The van der Waals surface area contributed by atoms with Gasteiger partial charge in [0.15, 0.2) is 5.58 Å². The summed E-state index contributed by atoms with van der Waals surface area (Å²) in [5.74, 6) is 0.833. The van der Waals surface area contributed by atoms with E-state index < -0.39 is 0 Å². The van der Waals surface area contributed by atoms with E-state index in [0.29, 0.717) is 34.2 Å². The van der Waals surface area contributed by atoms with E-state index in [0.717, 1.165) is 5.56 Å². The first-order valence-electron chi connectivity index (χ1n) is 8.82. The predicted octanol–water partition coefficient (Wildman–Crippen LogP) is 5.27. The third kappa shape index (κ3) is 3.58. The second-order valence-electron chi connectivity index (χ2n) is 6.67. The van der Waals surface area contributed by atoms with E-state index in [1.165, 1.54) is 11.8 Å². The molecule has 0 unspecified atom stereocenters. The minimum absolute atomic E-state index is 0.213. The standard InChI is InChI=1S/C22H19N3O2/c1-14(2)15-5-7-16(8-6-15)22-25-19-12-18(9-10-20(19)27-22)24-21(26)17-4-3-11-23-13-17/h3-14H,1-2H3,(H,24,26). The van der Waals surface area contributed by atoms with Gasteiger partial charge in [-0.3, -0.25) is 9.78 Å². The smallest absolute Gasteiger partial charge is 0.257 e. The van der Waals surface area contributed by atoms with Crippen molar-refractivity contribution in [2.24, 2.45) is 0 Å². The zero-order chi connectivity index (χ0) is 18.8. The Hall–Kier alpha value is -3.47. The summed E-state index contributed by atoms with van der Waals surface area (Å²) >= 11 is 0. The van der Waals surface area contributed by atoms with Gasteiger partial charge in [-0.15, -0.1) is 0 Å². The van der Waals surface area contributed by atoms with Gasteiger partial charge in [-0.1, -0.05) is 26.0 Å². The van der Waals surface area contributed by atoms with Crippen molar-refractivity contribution >= 4 is 22.7 Å². The SMILES string of the molecule is CC(C)c1ccc(-c2nc3cc(NC(=O)c4cccnc4)ccc3o2)cc1. The molecule has 0 saturated carbocycles. The molecule has 0 radical (unpaired) electrons. The van der Waals surface area contributed by atoms with Crippen molar-refractivity contribution in [1.82, 2.24) is 9.97 Å². The first kappa shape index (κ1) is 17.0. The number of hydrogen-bond donors (Lipinski definition) is 1. The molecular weight excluding hydrogens is 338 g/mol. The van der Waals surface area contributed by atoms with Crippen LogP contribution in [0.15, 0.2) is 71.4 Å². The molecule has 1 amide bonds. The third-order valence-corrected chi connectivity index (χ3v) is 4.39. The molecule has 4 rings (SSSR count). The van der Waals surface area contributed by atoms with Crippen LogP contribution in [-0.4, -0.2) is 15.9 Å². The maximum Gasteiger partial charge on any atom is 0.257 e. The predicted molar refractivity (Wildman–Crippen MR) is 106 cm³/mol. The highest BCUT2D eigenvalue weighted by Gasteiger charge is 2.11. The van der Waals surface area contributed by atoms with Crippen LogP contribution in [0.2, 0.25) is 0 Å². The van der Waals surface area contributed by atoms with Gasteiger partial charge in [-0.25, -0.2) is 4.98 Å². The fourth-order valence-corrected chi connectivity index (χ4v) is 2.84. The van der Waals surface area contributed by atoms with Crippen LogP contribution in [0.1, 0.15) is 35.7 Å². The second-order valence-corrected chi connectivity index (χ2v) is 6.67. The number of pyridine rings is 1. The Labute approximate surface area is 157 Å². The van der Waals surface area contributed by atoms with Crippen molar-refractivity contribution in [2.75, 3.05) is 5.32 Å². The topological polar surface area (TPSA) is 68.0 Å². The molecule has 2 heterocycles. The number of fused-ring (bicyclic) bond motifs is 1. The number of rotatable bonds is 4. The quantitative estimate of drug-likeness (QED) is 0.540. The van der Waals surface area contributed by atoms with E-state index in [2.05, 4.69) is 41.3 Å². The molecule has 27 heavy (non-hydrogen) atoms. The normalized spacial score (nSPS) is 11.1. The van der Waals surface area contributed by atoms with Crippen LogP contribution in [0, 0.1) is 0 Å². The van der Waals surface area contributed by atoms with Crippen LogP contribution >= 0.6 is 0 Å². The average Bonchev–Trinajstić information content (AvgIpc) is 3.12. The Morgan fingerprint density at radius 2 is 1.89 bits per heavy atom. The van der Waals surface area contributed by atoms with E-state index >= 15 is 0 Å². The summed E-state index contributed by atoms with van der Waals surface area (Å²) in [6, 6.07) is 17.1. The number of amides is 1. The third-order valence-electron chi connectivity index (χ3n) is 4.39. The van der Waals surface area contributed by atoms with Crippen molar-refractivity contribution in [3.8, 4) is 11.5 Å². The molecule has 0 aliphatic rings. The Bertz CT molecular complexity index is 1080. The summed E-state index contributed by atoms with van der Waals surface area (Å²) in [4.78, 5) is 20.8. The van der Waals surface area contributed by atoms with Crippen molar-refractivity contribution < 1.29 is 9.21 Å². The molecule has 0 aliphatic heterocycles. The van der Waals surface area contributed by atoms with E-state index in [-0.39, 0.29) is 5.91 Å². The van der Waals surface area contributed by atoms with Crippen LogP contribution < -0.4 is 5.32 Å². The van der Waals surface area contributed by atoms with Gasteiger partial charge < -0.3 is 9.73 Å². The van der Waals surface area contributed by atoms with Gasteiger partial charge in [0.2, 0.25) is 5.89 Å². The molecule has 4 aromatic rings. The zero-order valence-corrected chi connectivity index (χ0v) is 15.1. The molecular formula is C22H19N3O2. The molecule has 0 atom stereocenters. The fourth-order valence-electron chi connectivity index (χ4n) is 2.84. The summed E-state index contributed by atoms with van der Waals surface area (Å²) in [5, 5.41) is 2.86. The summed E-state index contributed by atoms with van der Waals surface area (Å²) in [6.45, 7) is 4.32. The van der Waals surface area contributed by atoms with Crippen molar-refractivity contribution in [1.29, 1.82) is 0 Å². The summed E-state index contributed by atoms with van der Waals surface area (Å²) in [7, 11) is 0. The number of carbonyl (C=O) groups excluding carboxylic acids is 1. The Morgan fingerprint density at radius 3 is 2.59 bits per heavy atom. The largest absolute Gasteiger partial charge is 0.436 e. The first-order valence-corrected chi connectivity index (χ1v) is 8.82. The maximum atomic E-state index is 12.3. The summed E-state index contributed by atoms with van der Waals surface area (Å²) < 4.78 is 5.87. The number of nitrogens with one attached hydrogen (secondary N) is 1. The van der Waals surface area contributed by atoms with E-state index in [9.17, 15) is 4.79 Å². The van der Waals surface area contributed by atoms with Crippen molar-refractivity contribution in [2.45, 2.75) is 19.8 Å². The molecule has 0 fully saturated rings. The van der Waals surface area contributed by atoms with E-state index in [4.69, 9.17) is 4.42 Å². The average molecular weight is 357 g/mol. The van der Waals surface area contributed by atoms with Gasteiger partial charge in [0, 0.05) is 23.6 Å². The summed E-state index contributed by atoms with van der Waals surface area (Å²) in [5.41, 5.74) is 4.74. The van der Waals surface area contributed by atoms with Crippen LogP contribution in [0.4, 0.5) is 5.69 Å². The molecule has 5 heteroatoms. The maximum absolute atomic E-state index is 12.3. The lowest BCUT2D eigenvalue weighted by atomic mass is 10.0. The van der Waals surface area contributed by atoms with Gasteiger partial charge in [0.1, 0.15) is 5.52 Å². The van der Waals surface area contributed by atoms with Crippen LogP contribution in [0.5, 0.6) is 0 Å². The van der Waals surface area contributed by atoms with Crippen LogP contribution in [0.3, 0.4) is 0 Å². The number of anilines is 1. The Morgan fingerprint density at radius 1 is 1.07 bits per heavy atom. The van der Waals surface area contributed by atoms with Gasteiger partial charge in [0.05, 0.1) is 5.56 Å². The lowest BCUT2D eigenvalue weighted by Gasteiger charge is -2.04. The van der Waals surface area contributed by atoms with Gasteiger partial charge in [0.25, 0.3) is 5.91 Å². The highest BCUT2D eigenvalue weighted by molar-refractivity contribution is 6.04. The molecule has 5 nitrogen and oxygen atoms in total. The minimum Gasteiger partial charge on any atom is -0.436 e. The van der Waals surface area contributed by atoms with Crippen molar-refractivity contribution in [3.05, 3.63) is 78.1 Å². The Kier molecular flexibility index (Phi) is 4.42. The number of carbonyl (C=O) groups is 1. The monoisotopic (exact) mass is 357 g/mol. The van der Waals surface area contributed by atoms with Crippen LogP contribution in [0.25, 0.3) is 22.6 Å². The molecule has 134 valence electrons. The molecule has 0 bridgehead atoms. The van der Waals surface area contributed by atoms with E-state index in [1.807, 2.05) is 18.2 Å². The van der Waals surface area contributed by atoms with Crippen LogP contribution in [-0.2, 0) is 0 Å². The number of oxazole rings is 1. The molecule has 1 N–H and O–H groups in total. The lowest BCUT2D eigenvalue weighted by Crippen LogP contribution is -2.11. The van der Waals surface area contributed by atoms with E-state index in [1.54, 1.807) is 30.5 Å². The first-order chi connectivity index (χ1) is 13.1. The number of nitrogens with zero attached hydrogens (tertiary/aromatic N) is 2. The molecule has 0 spiro atoms. The van der Waals surface area contributed by atoms with Crippen molar-refractivity contribution in [3.63, 3.8) is 0 Å². The van der Waals surface area contributed by atoms with Gasteiger partial charge >= 0.3 is 0 Å². The molecule has 2 aromatic heterocycles. The lowest BCUT2D eigenvalue weighted by molar-refractivity contribution is 0.102. The molecule has 2 aromatic carbocycles. The Balaban J connectivity index is 1.59. The highest BCUT2D eigenvalue weighted by Crippen LogP contribution is 2.27. The number of hydrogen-bond acceptors (Lipinski definition) is 4. The minimum atomic E-state index is -0.213. The number of benzene rings is 2.